The molecule has 8 heteroatoms. The van der Waals surface area contributed by atoms with Gasteiger partial charge in [-0.25, -0.2) is 0 Å². The molecule has 27 heavy (non-hydrogen) atoms. The highest BCUT2D eigenvalue weighted by molar-refractivity contribution is 7.80. The first-order chi connectivity index (χ1) is 13.1. The Morgan fingerprint density at radius 1 is 1.15 bits per heavy atom. The minimum Gasteiger partial charge on any atom is -0.497 e. The van der Waals surface area contributed by atoms with Gasteiger partial charge in [0.05, 0.1) is 38.3 Å². The van der Waals surface area contributed by atoms with Crippen molar-refractivity contribution in [2.45, 2.75) is 6.54 Å². The largest absolute Gasteiger partial charge is 0.497 e. The second-order valence-corrected chi connectivity index (χ2v) is 6.55. The van der Waals surface area contributed by atoms with Crippen LogP contribution in [-0.4, -0.2) is 29.1 Å². The molecule has 0 aliphatic rings. The van der Waals surface area contributed by atoms with E-state index in [2.05, 4.69) is 15.7 Å². The van der Waals surface area contributed by atoms with E-state index in [9.17, 15) is 0 Å². The molecule has 0 saturated carbocycles. The number of ether oxygens (including phenoxy) is 2. The van der Waals surface area contributed by atoms with Crippen molar-refractivity contribution in [3.63, 3.8) is 0 Å². The molecule has 3 rings (SSSR count). The quantitative estimate of drug-likeness (QED) is 0.595. The standard InChI is InChI=1S/C19H19ClN4O2S/c1-25-16-6-7-17(18(9-16)26-2)23-19(27)22-15-10-21-24(12-15)11-13-4-3-5-14(20)8-13/h3-10,12H,11H2,1-2H3,(H2,22,23,27). The second-order valence-electron chi connectivity index (χ2n) is 5.70. The molecule has 0 spiro atoms. The lowest BCUT2D eigenvalue weighted by molar-refractivity contribution is 0.395. The Kier molecular flexibility index (Phi) is 6.16. The van der Waals surface area contributed by atoms with E-state index in [1.807, 2.05) is 47.3 Å². The van der Waals surface area contributed by atoms with Crippen molar-refractivity contribution in [1.29, 1.82) is 0 Å². The summed E-state index contributed by atoms with van der Waals surface area (Å²) in [7, 11) is 3.20. The number of hydrogen-bond donors (Lipinski definition) is 2. The Hall–Kier alpha value is -2.77. The van der Waals surface area contributed by atoms with Crippen LogP contribution >= 0.6 is 23.8 Å². The highest BCUT2D eigenvalue weighted by Crippen LogP contribution is 2.29. The van der Waals surface area contributed by atoms with E-state index >= 15 is 0 Å². The molecular formula is C19H19ClN4O2S. The molecule has 2 N–H and O–H groups in total. The van der Waals surface area contributed by atoms with E-state index in [4.69, 9.17) is 33.3 Å². The Bertz CT molecular complexity index is 945. The summed E-state index contributed by atoms with van der Waals surface area (Å²) < 4.78 is 12.4. The number of nitrogens with zero attached hydrogens (tertiary/aromatic N) is 2. The lowest BCUT2D eigenvalue weighted by Gasteiger charge is -2.13. The normalized spacial score (nSPS) is 10.3. The summed E-state index contributed by atoms with van der Waals surface area (Å²) in [5.74, 6) is 1.34. The maximum absolute atomic E-state index is 6.02. The van der Waals surface area contributed by atoms with E-state index in [1.54, 1.807) is 26.5 Å². The number of rotatable bonds is 6. The molecule has 1 aromatic heterocycles. The first kappa shape index (κ1) is 19.0. The number of anilines is 2. The van der Waals surface area contributed by atoms with Gasteiger partial charge in [-0.05, 0) is 42.0 Å². The first-order valence-corrected chi connectivity index (χ1v) is 8.93. The van der Waals surface area contributed by atoms with Crippen molar-refractivity contribution in [1.82, 2.24) is 9.78 Å². The average molecular weight is 403 g/mol. The maximum atomic E-state index is 6.02. The fourth-order valence-corrected chi connectivity index (χ4v) is 2.96. The minimum atomic E-state index is 0.431. The summed E-state index contributed by atoms with van der Waals surface area (Å²) in [5.41, 5.74) is 2.59. The van der Waals surface area contributed by atoms with Crippen LogP contribution in [0.5, 0.6) is 11.5 Å². The number of methoxy groups -OCH3 is 2. The van der Waals surface area contributed by atoms with Crippen LogP contribution in [0.1, 0.15) is 5.56 Å². The zero-order valence-electron chi connectivity index (χ0n) is 14.9. The van der Waals surface area contributed by atoms with E-state index in [-0.39, 0.29) is 0 Å². The van der Waals surface area contributed by atoms with E-state index in [0.717, 1.165) is 16.9 Å². The smallest absolute Gasteiger partial charge is 0.175 e. The molecule has 0 aliphatic carbocycles. The summed E-state index contributed by atoms with van der Waals surface area (Å²) in [6.45, 7) is 0.620. The van der Waals surface area contributed by atoms with Gasteiger partial charge in [-0.1, -0.05) is 23.7 Å². The Morgan fingerprint density at radius 2 is 2.00 bits per heavy atom. The summed E-state index contributed by atoms with van der Waals surface area (Å²) in [6, 6.07) is 13.1. The number of nitrogens with one attached hydrogen (secondary N) is 2. The van der Waals surface area contributed by atoms with Crippen molar-refractivity contribution >= 4 is 40.3 Å². The zero-order valence-corrected chi connectivity index (χ0v) is 16.5. The van der Waals surface area contributed by atoms with Crippen molar-refractivity contribution < 1.29 is 9.47 Å². The third-order valence-electron chi connectivity index (χ3n) is 3.78. The molecule has 0 aliphatic heterocycles. The number of hydrogen-bond acceptors (Lipinski definition) is 4. The molecule has 0 radical (unpaired) electrons. The predicted molar refractivity (Wildman–Crippen MR) is 112 cm³/mol. The summed E-state index contributed by atoms with van der Waals surface area (Å²) in [6.07, 6.45) is 3.59. The van der Waals surface area contributed by atoms with Gasteiger partial charge in [0.2, 0.25) is 0 Å². The van der Waals surface area contributed by atoms with Crippen LogP contribution in [0.15, 0.2) is 54.9 Å². The lowest BCUT2D eigenvalue weighted by atomic mass is 10.2. The van der Waals surface area contributed by atoms with E-state index in [0.29, 0.717) is 28.2 Å². The van der Waals surface area contributed by atoms with Crippen LogP contribution in [0.3, 0.4) is 0 Å². The molecule has 2 aromatic carbocycles. The van der Waals surface area contributed by atoms with Gasteiger partial charge in [-0.3, -0.25) is 4.68 Å². The fraction of sp³-hybridized carbons (Fsp3) is 0.158. The Labute approximate surface area is 168 Å². The molecular weight excluding hydrogens is 384 g/mol. The fourth-order valence-electron chi connectivity index (χ4n) is 2.52. The average Bonchev–Trinajstić information content (AvgIpc) is 3.08. The highest BCUT2D eigenvalue weighted by atomic mass is 35.5. The summed E-state index contributed by atoms with van der Waals surface area (Å²) in [4.78, 5) is 0. The Morgan fingerprint density at radius 3 is 2.74 bits per heavy atom. The number of halogens is 1. The van der Waals surface area contributed by atoms with Gasteiger partial charge in [0.25, 0.3) is 0 Å². The third kappa shape index (κ3) is 5.12. The molecule has 0 fully saturated rings. The molecule has 3 aromatic rings. The zero-order chi connectivity index (χ0) is 19.2. The Balaban J connectivity index is 1.63. The molecule has 0 atom stereocenters. The molecule has 0 amide bonds. The van der Waals surface area contributed by atoms with Crippen LogP contribution in [0.25, 0.3) is 0 Å². The van der Waals surface area contributed by atoms with Gasteiger partial charge in [0.1, 0.15) is 11.5 Å². The monoisotopic (exact) mass is 402 g/mol. The van der Waals surface area contributed by atoms with Crippen LogP contribution in [0, 0.1) is 0 Å². The van der Waals surface area contributed by atoms with Gasteiger partial charge >= 0.3 is 0 Å². The molecule has 1 heterocycles. The number of thiocarbonyl (C=S) groups is 1. The van der Waals surface area contributed by atoms with Crippen LogP contribution in [-0.2, 0) is 6.54 Å². The van der Waals surface area contributed by atoms with Crippen LogP contribution in [0.2, 0.25) is 5.02 Å². The van der Waals surface area contributed by atoms with Crippen molar-refractivity contribution in [2.75, 3.05) is 24.9 Å². The third-order valence-corrected chi connectivity index (χ3v) is 4.22. The first-order valence-electron chi connectivity index (χ1n) is 8.14. The second kappa shape index (κ2) is 8.75. The molecule has 0 unspecified atom stereocenters. The van der Waals surface area contributed by atoms with E-state index < -0.39 is 0 Å². The van der Waals surface area contributed by atoms with E-state index in [1.165, 1.54) is 0 Å². The summed E-state index contributed by atoms with van der Waals surface area (Å²) >= 11 is 11.4. The van der Waals surface area contributed by atoms with Crippen LogP contribution in [0.4, 0.5) is 11.4 Å². The molecule has 6 nitrogen and oxygen atoms in total. The lowest BCUT2D eigenvalue weighted by Crippen LogP contribution is -2.19. The van der Waals surface area contributed by atoms with Gasteiger partial charge in [-0.2, -0.15) is 5.10 Å². The number of aromatic nitrogens is 2. The topological polar surface area (TPSA) is 60.3 Å². The van der Waals surface area contributed by atoms with Crippen molar-refractivity contribution in [3.8, 4) is 11.5 Å². The molecule has 140 valence electrons. The minimum absolute atomic E-state index is 0.431. The maximum Gasteiger partial charge on any atom is 0.175 e. The van der Waals surface area contributed by atoms with Gasteiger partial charge in [-0.15, -0.1) is 0 Å². The van der Waals surface area contributed by atoms with Crippen molar-refractivity contribution in [3.05, 3.63) is 65.4 Å². The molecule has 0 saturated heterocycles. The SMILES string of the molecule is COc1ccc(NC(=S)Nc2cnn(Cc3cccc(Cl)c3)c2)c(OC)c1. The summed E-state index contributed by atoms with van der Waals surface area (Å²) in [5, 5.41) is 11.7. The van der Waals surface area contributed by atoms with Crippen molar-refractivity contribution in [2.24, 2.45) is 0 Å². The predicted octanol–water partition coefficient (Wildman–Crippen LogP) is 4.41. The highest BCUT2D eigenvalue weighted by Gasteiger charge is 2.08. The molecule has 0 bridgehead atoms. The van der Waals surface area contributed by atoms with Gasteiger partial charge in [0.15, 0.2) is 5.11 Å². The van der Waals surface area contributed by atoms with Gasteiger partial charge < -0.3 is 20.1 Å². The van der Waals surface area contributed by atoms with Crippen LogP contribution < -0.4 is 20.1 Å². The van der Waals surface area contributed by atoms with Gasteiger partial charge in [0, 0.05) is 17.3 Å². The number of benzene rings is 2.